The molecule has 3 heterocycles. The third kappa shape index (κ3) is 3.91. The second-order valence-electron chi connectivity index (χ2n) is 6.28. The van der Waals surface area contributed by atoms with Gasteiger partial charge in [0.15, 0.2) is 0 Å². The molecular weight excluding hydrogens is 260 g/mol. The smallest absolute Gasteiger partial charge is 0.0534 e. The molecule has 4 heteroatoms. The van der Waals surface area contributed by atoms with Gasteiger partial charge in [-0.05, 0) is 50.3 Å². The summed E-state index contributed by atoms with van der Waals surface area (Å²) >= 11 is 0. The maximum absolute atomic E-state index is 4.41. The van der Waals surface area contributed by atoms with Crippen molar-refractivity contribution in [1.29, 1.82) is 0 Å². The lowest BCUT2D eigenvalue weighted by molar-refractivity contribution is 0.167. The Balaban J connectivity index is 1.56. The van der Waals surface area contributed by atoms with Gasteiger partial charge in [0.1, 0.15) is 0 Å². The maximum Gasteiger partial charge on any atom is 0.0534 e. The molecule has 3 rings (SSSR count). The highest BCUT2D eigenvalue weighted by Crippen LogP contribution is 2.22. The van der Waals surface area contributed by atoms with Crippen LogP contribution in [-0.4, -0.2) is 32.8 Å². The number of aryl methyl sites for hydroxylation is 2. The molecule has 0 N–H and O–H groups in total. The molecule has 2 aromatic rings. The van der Waals surface area contributed by atoms with E-state index in [4.69, 9.17) is 0 Å². The molecule has 21 heavy (non-hydrogen) atoms. The van der Waals surface area contributed by atoms with Crippen LogP contribution in [0.15, 0.2) is 30.7 Å². The predicted molar refractivity (Wildman–Crippen MR) is 83.9 cm³/mol. The van der Waals surface area contributed by atoms with Gasteiger partial charge in [0.25, 0.3) is 0 Å². The third-order valence-corrected chi connectivity index (χ3v) is 4.26. The van der Waals surface area contributed by atoms with Gasteiger partial charge in [-0.15, -0.1) is 0 Å². The van der Waals surface area contributed by atoms with E-state index in [9.17, 15) is 0 Å². The minimum Gasteiger partial charge on any atom is -0.299 e. The van der Waals surface area contributed by atoms with Crippen LogP contribution in [0.4, 0.5) is 0 Å². The predicted octanol–water partition coefficient (Wildman–Crippen LogP) is 2.58. The highest BCUT2D eigenvalue weighted by Gasteiger charge is 2.20. The van der Waals surface area contributed by atoms with Crippen LogP contribution >= 0.6 is 0 Å². The van der Waals surface area contributed by atoms with Crippen LogP contribution in [-0.2, 0) is 20.0 Å². The molecule has 112 valence electrons. The molecule has 1 atom stereocenters. The summed E-state index contributed by atoms with van der Waals surface area (Å²) in [5.74, 6) is 0.750. The molecule has 1 aliphatic heterocycles. The topological polar surface area (TPSA) is 34.0 Å². The average molecular weight is 284 g/mol. The van der Waals surface area contributed by atoms with E-state index in [0.717, 1.165) is 24.6 Å². The summed E-state index contributed by atoms with van der Waals surface area (Å²) in [5.41, 5.74) is 3.78. The second-order valence-corrected chi connectivity index (χ2v) is 6.28. The van der Waals surface area contributed by atoms with Crippen LogP contribution < -0.4 is 0 Å². The normalized spacial score (nSPS) is 19.8. The van der Waals surface area contributed by atoms with Crippen molar-refractivity contribution in [3.8, 4) is 0 Å². The van der Waals surface area contributed by atoms with Crippen LogP contribution in [0.3, 0.4) is 0 Å². The standard InChI is InChI=1S/C17H24N4/c1-14-5-6-15(9-18-14)8-16-4-3-7-21(12-16)13-17-10-19-20(2)11-17/h5-6,9-11,16H,3-4,7-8,12-13H2,1-2H3/t16-/m0/s1. The SMILES string of the molecule is Cc1ccc(C[C@@H]2CCCN(Cc3cnn(C)c3)C2)cn1. The maximum atomic E-state index is 4.41. The van der Waals surface area contributed by atoms with Gasteiger partial charge in [-0.25, -0.2) is 0 Å². The van der Waals surface area contributed by atoms with Crippen molar-refractivity contribution in [3.63, 3.8) is 0 Å². The number of pyridine rings is 1. The first-order valence-corrected chi connectivity index (χ1v) is 7.80. The molecule has 0 amide bonds. The Morgan fingerprint density at radius 2 is 2.14 bits per heavy atom. The Hall–Kier alpha value is -1.68. The van der Waals surface area contributed by atoms with Gasteiger partial charge >= 0.3 is 0 Å². The number of nitrogens with zero attached hydrogens (tertiary/aromatic N) is 4. The van der Waals surface area contributed by atoms with E-state index in [1.807, 2.05) is 31.0 Å². The minimum absolute atomic E-state index is 0.750. The van der Waals surface area contributed by atoms with Crippen LogP contribution in [0.2, 0.25) is 0 Å². The molecule has 0 aliphatic carbocycles. The quantitative estimate of drug-likeness (QED) is 0.865. The lowest BCUT2D eigenvalue weighted by Gasteiger charge is -2.32. The van der Waals surface area contributed by atoms with Crippen molar-refractivity contribution in [2.75, 3.05) is 13.1 Å². The molecule has 0 radical (unpaired) electrons. The summed E-state index contributed by atoms with van der Waals surface area (Å²) < 4.78 is 1.88. The van der Waals surface area contributed by atoms with E-state index in [1.54, 1.807) is 0 Å². The average Bonchev–Trinajstić information content (AvgIpc) is 2.87. The summed E-state index contributed by atoms with van der Waals surface area (Å²) in [7, 11) is 1.98. The molecule has 1 fully saturated rings. The fourth-order valence-corrected chi connectivity index (χ4v) is 3.23. The summed E-state index contributed by atoms with van der Waals surface area (Å²) in [6.07, 6.45) is 9.91. The largest absolute Gasteiger partial charge is 0.299 e. The zero-order valence-electron chi connectivity index (χ0n) is 13.0. The zero-order chi connectivity index (χ0) is 14.7. The van der Waals surface area contributed by atoms with Gasteiger partial charge in [-0.1, -0.05) is 6.07 Å². The van der Waals surface area contributed by atoms with Crippen molar-refractivity contribution < 1.29 is 0 Å². The molecule has 0 unspecified atom stereocenters. The Morgan fingerprint density at radius 3 is 2.86 bits per heavy atom. The number of likely N-dealkylation sites (tertiary alicyclic amines) is 1. The van der Waals surface area contributed by atoms with Gasteiger partial charge in [-0.3, -0.25) is 14.6 Å². The van der Waals surface area contributed by atoms with Crippen molar-refractivity contribution in [2.45, 2.75) is 32.7 Å². The molecule has 0 saturated carbocycles. The molecule has 0 aromatic carbocycles. The summed E-state index contributed by atoms with van der Waals surface area (Å²) in [4.78, 5) is 6.97. The molecule has 0 spiro atoms. The molecule has 1 aliphatic rings. The van der Waals surface area contributed by atoms with Crippen LogP contribution in [0.5, 0.6) is 0 Å². The summed E-state index contributed by atoms with van der Waals surface area (Å²) in [5, 5.41) is 4.26. The van der Waals surface area contributed by atoms with E-state index >= 15 is 0 Å². The fraction of sp³-hybridized carbons (Fsp3) is 0.529. The van der Waals surface area contributed by atoms with E-state index in [0.29, 0.717) is 0 Å². The molecule has 2 aromatic heterocycles. The van der Waals surface area contributed by atoms with Gasteiger partial charge in [-0.2, -0.15) is 5.10 Å². The van der Waals surface area contributed by atoms with Gasteiger partial charge < -0.3 is 0 Å². The first-order valence-electron chi connectivity index (χ1n) is 7.80. The number of hydrogen-bond donors (Lipinski definition) is 0. The summed E-state index contributed by atoms with van der Waals surface area (Å²) in [6.45, 7) is 5.46. The minimum atomic E-state index is 0.750. The first-order chi connectivity index (χ1) is 10.2. The van der Waals surface area contributed by atoms with Gasteiger partial charge in [0.2, 0.25) is 0 Å². The number of rotatable bonds is 4. The molecular formula is C17H24N4. The van der Waals surface area contributed by atoms with Crippen molar-refractivity contribution >= 4 is 0 Å². The molecule has 4 nitrogen and oxygen atoms in total. The van der Waals surface area contributed by atoms with Crippen LogP contribution in [0.25, 0.3) is 0 Å². The Morgan fingerprint density at radius 1 is 1.24 bits per heavy atom. The van der Waals surface area contributed by atoms with Crippen LogP contribution in [0, 0.1) is 12.8 Å². The highest BCUT2D eigenvalue weighted by molar-refractivity contribution is 5.14. The Labute approximate surface area is 126 Å². The summed E-state index contributed by atoms with van der Waals surface area (Å²) in [6, 6.07) is 4.34. The van der Waals surface area contributed by atoms with Crippen molar-refractivity contribution in [2.24, 2.45) is 13.0 Å². The van der Waals surface area contributed by atoms with E-state index in [-0.39, 0.29) is 0 Å². The zero-order valence-corrected chi connectivity index (χ0v) is 13.0. The van der Waals surface area contributed by atoms with Crippen molar-refractivity contribution in [3.05, 3.63) is 47.5 Å². The fourth-order valence-electron chi connectivity index (χ4n) is 3.23. The van der Waals surface area contributed by atoms with Crippen LogP contribution in [0.1, 0.15) is 29.7 Å². The van der Waals surface area contributed by atoms with E-state index in [2.05, 4.69) is 33.3 Å². The Kier molecular flexibility index (Phi) is 4.34. The van der Waals surface area contributed by atoms with Gasteiger partial charge in [0, 0.05) is 43.8 Å². The van der Waals surface area contributed by atoms with Crippen molar-refractivity contribution in [1.82, 2.24) is 19.7 Å². The number of hydrogen-bond acceptors (Lipinski definition) is 3. The molecule has 1 saturated heterocycles. The first kappa shape index (κ1) is 14.3. The lowest BCUT2D eigenvalue weighted by Crippen LogP contribution is -2.35. The van der Waals surface area contributed by atoms with E-state index in [1.165, 1.54) is 37.1 Å². The highest BCUT2D eigenvalue weighted by atomic mass is 15.2. The number of piperidine rings is 1. The monoisotopic (exact) mass is 284 g/mol. The lowest BCUT2D eigenvalue weighted by atomic mass is 9.91. The Bertz CT molecular complexity index is 573. The third-order valence-electron chi connectivity index (χ3n) is 4.26. The second kappa shape index (κ2) is 6.39. The van der Waals surface area contributed by atoms with E-state index < -0.39 is 0 Å². The van der Waals surface area contributed by atoms with Gasteiger partial charge in [0.05, 0.1) is 6.20 Å². The number of aromatic nitrogens is 3. The molecule has 0 bridgehead atoms.